The third-order valence-electron chi connectivity index (χ3n) is 6.59. The average Bonchev–Trinajstić information content (AvgIpc) is 3.07. The first-order valence-electron chi connectivity index (χ1n) is 9.60. The van der Waals surface area contributed by atoms with E-state index < -0.39 is 17.2 Å². The van der Waals surface area contributed by atoms with Gasteiger partial charge < -0.3 is 18.9 Å². The summed E-state index contributed by atoms with van der Waals surface area (Å²) in [5.41, 5.74) is -0.678. The summed E-state index contributed by atoms with van der Waals surface area (Å²) in [6.45, 7) is 7.79. The van der Waals surface area contributed by atoms with Gasteiger partial charge in [-0.1, -0.05) is 20.8 Å². The summed E-state index contributed by atoms with van der Waals surface area (Å²) < 4.78 is 24.9. The molecule has 0 N–H and O–H groups in total. The van der Waals surface area contributed by atoms with Crippen molar-refractivity contribution >= 4 is 5.97 Å². The summed E-state index contributed by atoms with van der Waals surface area (Å²) in [6, 6.07) is 0. The Kier molecular flexibility index (Phi) is 3.98. The second-order valence-electron chi connectivity index (χ2n) is 8.60. The highest BCUT2D eigenvalue weighted by Crippen LogP contribution is 2.57. The molecule has 4 atom stereocenters. The van der Waals surface area contributed by atoms with Crippen LogP contribution in [0.2, 0.25) is 0 Å². The van der Waals surface area contributed by atoms with Crippen LogP contribution in [0.3, 0.4) is 0 Å². The maximum Gasteiger partial charge on any atom is 0.311 e. The molecule has 0 unspecified atom stereocenters. The SMILES string of the molecule is CC(C)[C@@H]1CC[C@@H](C)C[C@@]12OC(=O)C[C@@]1(CCCC13OCCO3)O2. The van der Waals surface area contributed by atoms with E-state index in [0.717, 1.165) is 38.5 Å². The van der Waals surface area contributed by atoms with Crippen LogP contribution in [0.5, 0.6) is 0 Å². The van der Waals surface area contributed by atoms with Gasteiger partial charge in [-0.25, -0.2) is 0 Å². The largest absolute Gasteiger partial charge is 0.433 e. The highest BCUT2D eigenvalue weighted by atomic mass is 16.8. The number of hydrogen-bond donors (Lipinski definition) is 0. The quantitative estimate of drug-likeness (QED) is 0.686. The van der Waals surface area contributed by atoms with E-state index in [1.165, 1.54) is 0 Å². The molecule has 0 aromatic carbocycles. The van der Waals surface area contributed by atoms with Gasteiger partial charge in [0.2, 0.25) is 5.79 Å². The maximum absolute atomic E-state index is 12.7. The molecule has 4 aliphatic rings. The summed E-state index contributed by atoms with van der Waals surface area (Å²) in [4.78, 5) is 12.7. The highest BCUT2D eigenvalue weighted by Gasteiger charge is 2.68. The van der Waals surface area contributed by atoms with Gasteiger partial charge in [0.05, 0.1) is 19.6 Å². The first-order valence-corrected chi connectivity index (χ1v) is 9.60. The Bertz CT molecular complexity index is 506. The maximum atomic E-state index is 12.7. The number of hydrogen-bond acceptors (Lipinski definition) is 5. The molecule has 0 amide bonds. The van der Waals surface area contributed by atoms with Crippen molar-refractivity contribution in [1.29, 1.82) is 0 Å². The Labute approximate surface area is 144 Å². The summed E-state index contributed by atoms with van der Waals surface area (Å²) in [5.74, 6) is -0.584. The summed E-state index contributed by atoms with van der Waals surface area (Å²) in [7, 11) is 0. The van der Waals surface area contributed by atoms with Crippen molar-refractivity contribution in [2.75, 3.05) is 13.2 Å². The van der Waals surface area contributed by atoms with Crippen LogP contribution in [0.4, 0.5) is 0 Å². The molecule has 3 spiro atoms. The number of rotatable bonds is 1. The predicted octanol–water partition coefficient (Wildman–Crippen LogP) is 3.40. The smallest absolute Gasteiger partial charge is 0.311 e. The number of esters is 1. The molecule has 2 aliphatic carbocycles. The zero-order chi connectivity index (χ0) is 17.0. The van der Waals surface area contributed by atoms with E-state index in [9.17, 15) is 4.79 Å². The van der Waals surface area contributed by atoms with Crippen molar-refractivity contribution in [3.8, 4) is 0 Å². The van der Waals surface area contributed by atoms with Gasteiger partial charge in [-0.3, -0.25) is 4.79 Å². The Morgan fingerprint density at radius 1 is 1.12 bits per heavy atom. The van der Waals surface area contributed by atoms with Gasteiger partial charge in [0, 0.05) is 18.8 Å². The molecule has 2 saturated heterocycles. The molecule has 24 heavy (non-hydrogen) atoms. The lowest BCUT2D eigenvalue weighted by Crippen LogP contribution is -2.66. The van der Waals surface area contributed by atoms with Crippen LogP contribution >= 0.6 is 0 Å². The summed E-state index contributed by atoms with van der Waals surface area (Å²) in [6.07, 6.45) is 5.80. The second kappa shape index (κ2) is 5.68. The van der Waals surface area contributed by atoms with Gasteiger partial charge in [0.25, 0.3) is 0 Å². The number of carbonyl (C=O) groups is 1. The molecule has 5 heteroatoms. The number of ether oxygens (including phenoxy) is 4. The molecule has 4 rings (SSSR count). The molecular formula is C19H30O5. The minimum absolute atomic E-state index is 0.152. The van der Waals surface area contributed by atoms with Crippen LogP contribution in [-0.2, 0) is 23.7 Å². The molecule has 136 valence electrons. The van der Waals surface area contributed by atoms with E-state index in [1.54, 1.807) is 0 Å². The Balaban J connectivity index is 1.73. The first kappa shape index (κ1) is 16.8. The van der Waals surface area contributed by atoms with Crippen molar-refractivity contribution in [2.45, 2.75) is 82.9 Å². The van der Waals surface area contributed by atoms with Crippen LogP contribution in [0, 0.1) is 17.8 Å². The standard InChI is InChI=1S/C19H30O5/c1-13(2)15-6-5-14(3)11-18(15)23-16(20)12-17(24-18)7-4-8-19(17)21-9-10-22-19/h13-15H,4-12H2,1-3H3/t14-,15+,17-,18+/m1/s1. The third-order valence-corrected chi connectivity index (χ3v) is 6.59. The van der Waals surface area contributed by atoms with E-state index in [0.29, 0.717) is 25.0 Å². The molecule has 5 nitrogen and oxygen atoms in total. The monoisotopic (exact) mass is 338 g/mol. The molecule has 0 bridgehead atoms. The van der Waals surface area contributed by atoms with Gasteiger partial charge in [-0.2, -0.15) is 0 Å². The van der Waals surface area contributed by atoms with Crippen LogP contribution in [0.25, 0.3) is 0 Å². The van der Waals surface area contributed by atoms with Crippen molar-refractivity contribution in [3.05, 3.63) is 0 Å². The summed E-state index contributed by atoms with van der Waals surface area (Å²) >= 11 is 0. The number of fused-ring (bicyclic) bond motifs is 1. The molecule has 2 aliphatic heterocycles. The third kappa shape index (κ3) is 2.35. The molecular weight excluding hydrogens is 308 g/mol. The second-order valence-corrected chi connectivity index (χ2v) is 8.60. The predicted molar refractivity (Wildman–Crippen MR) is 87.1 cm³/mol. The highest BCUT2D eigenvalue weighted by molar-refractivity contribution is 5.72. The van der Waals surface area contributed by atoms with E-state index >= 15 is 0 Å². The van der Waals surface area contributed by atoms with E-state index in [2.05, 4.69) is 20.8 Å². The van der Waals surface area contributed by atoms with E-state index in [-0.39, 0.29) is 18.3 Å². The van der Waals surface area contributed by atoms with Crippen LogP contribution < -0.4 is 0 Å². The van der Waals surface area contributed by atoms with Crippen LogP contribution in [0.1, 0.15) is 65.7 Å². The van der Waals surface area contributed by atoms with Crippen molar-refractivity contribution < 1.29 is 23.7 Å². The Morgan fingerprint density at radius 3 is 2.58 bits per heavy atom. The van der Waals surface area contributed by atoms with E-state index in [4.69, 9.17) is 18.9 Å². The van der Waals surface area contributed by atoms with Crippen molar-refractivity contribution in [3.63, 3.8) is 0 Å². The minimum Gasteiger partial charge on any atom is -0.433 e. The zero-order valence-electron chi connectivity index (χ0n) is 15.1. The van der Waals surface area contributed by atoms with Gasteiger partial charge in [-0.15, -0.1) is 0 Å². The van der Waals surface area contributed by atoms with Gasteiger partial charge >= 0.3 is 5.97 Å². The lowest BCUT2D eigenvalue weighted by atomic mass is 9.71. The van der Waals surface area contributed by atoms with Gasteiger partial charge in [0.1, 0.15) is 5.60 Å². The molecule has 0 aromatic rings. The fraction of sp³-hybridized carbons (Fsp3) is 0.947. The molecule has 2 saturated carbocycles. The Hall–Kier alpha value is -0.650. The van der Waals surface area contributed by atoms with Gasteiger partial charge in [0.15, 0.2) is 5.79 Å². The summed E-state index contributed by atoms with van der Waals surface area (Å²) in [5, 5.41) is 0. The molecule has 2 heterocycles. The molecule has 4 fully saturated rings. The normalized spacial score (nSPS) is 44.8. The zero-order valence-corrected chi connectivity index (χ0v) is 15.1. The molecule has 0 aromatic heterocycles. The first-order chi connectivity index (χ1) is 11.4. The topological polar surface area (TPSA) is 54.0 Å². The lowest BCUT2D eigenvalue weighted by molar-refractivity contribution is -0.390. The van der Waals surface area contributed by atoms with Gasteiger partial charge in [-0.05, 0) is 37.5 Å². The molecule has 0 radical (unpaired) electrons. The fourth-order valence-electron chi connectivity index (χ4n) is 5.59. The lowest BCUT2D eigenvalue weighted by Gasteiger charge is -2.55. The van der Waals surface area contributed by atoms with Crippen molar-refractivity contribution in [2.24, 2.45) is 17.8 Å². The number of carbonyl (C=O) groups excluding carboxylic acids is 1. The van der Waals surface area contributed by atoms with Crippen LogP contribution in [-0.4, -0.2) is 36.4 Å². The Morgan fingerprint density at radius 2 is 1.88 bits per heavy atom. The average molecular weight is 338 g/mol. The van der Waals surface area contributed by atoms with Crippen LogP contribution in [0.15, 0.2) is 0 Å². The fourth-order valence-corrected chi connectivity index (χ4v) is 5.59. The minimum atomic E-state index is -0.812. The van der Waals surface area contributed by atoms with Crippen molar-refractivity contribution in [1.82, 2.24) is 0 Å². The van der Waals surface area contributed by atoms with E-state index in [1.807, 2.05) is 0 Å².